The van der Waals surface area contributed by atoms with Gasteiger partial charge in [0, 0.05) is 36.8 Å². The van der Waals surface area contributed by atoms with Crippen molar-refractivity contribution in [3.05, 3.63) is 58.6 Å². The van der Waals surface area contributed by atoms with E-state index in [2.05, 4.69) is 5.32 Å². The van der Waals surface area contributed by atoms with E-state index in [-0.39, 0.29) is 66.8 Å². The van der Waals surface area contributed by atoms with Crippen LogP contribution in [-0.2, 0) is 25.6 Å². The zero-order valence-corrected chi connectivity index (χ0v) is 18.6. The lowest BCUT2D eigenvalue weighted by Gasteiger charge is -2.50. The van der Waals surface area contributed by atoms with Crippen LogP contribution < -0.4 is 5.32 Å². The predicted octanol–water partition coefficient (Wildman–Crippen LogP) is 2.32. The zero-order chi connectivity index (χ0) is 23.8. The van der Waals surface area contributed by atoms with Gasteiger partial charge in [-0.3, -0.25) is 9.59 Å². The first-order valence-electron chi connectivity index (χ1n) is 11.6. The van der Waals surface area contributed by atoms with Crippen molar-refractivity contribution in [1.29, 1.82) is 0 Å². The van der Waals surface area contributed by atoms with Gasteiger partial charge in [0.05, 0.1) is 24.8 Å². The molecular weight excluding hydrogens is 448 g/mol. The number of aliphatic hydroxyl groups is 1. The number of benzene rings is 1. The fourth-order valence-electron chi connectivity index (χ4n) is 5.12. The van der Waals surface area contributed by atoms with Crippen molar-refractivity contribution in [3.63, 3.8) is 0 Å². The molecule has 0 radical (unpaired) electrons. The zero-order valence-electron chi connectivity index (χ0n) is 18.6. The van der Waals surface area contributed by atoms with Gasteiger partial charge in [-0.05, 0) is 18.9 Å². The molecule has 3 atom stereocenters. The number of carbonyl (C=O) groups excluding carboxylic acids is 2. The second-order valence-electron chi connectivity index (χ2n) is 9.14. The minimum atomic E-state index is -0.754. The monoisotopic (exact) mass is 475 g/mol. The molecule has 1 aromatic rings. The number of piperazine rings is 1. The molecule has 34 heavy (non-hydrogen) atoms. The number of ether oxygens (including phenoxy) is 2. The molecule has 0 aromatic heterocycles. The summed E-state index contributed by atoms with van der Waals surface area (Å²) in [4.78, 5) is 29.4. The first kappa shape index (κ1) is 22.8. The predicted molar refractivity (Wildman–Crippen MR) is 116 cm³/mol. The van der Waals surface area contributed by atoms with Gasteiger partial charge in [-0.25, -0.2) is 8.78 Å². The van der Waals surface area contributed by atoms with E-state index in [4.69, 9.17) is 9.47 Å². The summed E-state index contributed by atoms with van der Waals surface area (Å²) in [5.41, 5.74) is 0.422. The van der Waals surface area contributed by atoms with E-state index in [1.165, 1.54) is 12.3 Å². The maximum atomic E-state index is 13.9. The summed E-state index contributed by atoms with van der Waals surface area (Å²) in [5, 5.41) is 13.2. The molecule has 0 spiro atoms. The molecule has 0 bridgehead atoms. The molecular formula is C24H27F2N3O5. The highest BCUT2D eigenvalue weighted by molar-refractivity contribution is 5.96. The van der Waals surface area contributed by atoms with Crippen LogP contribution in [0.4, 0.5) is 8.78 Å². The van der Waals surface area contributed by atoms with Crippen LogP contribution in [-0.4, -0.2) is 65.4 Å². The highest BCUT2D eigenvalue weighted by Gasteiger charge is 2.46. The minimum Gasteiger partial charge on any atom is -0.507 e. The Balaban J connectivity index is 1.35. The summed E-state index contributed by atoms with van der Waals surface area (Å²) in [5.74, 6) is -2.23. The Morgan fingerprint density at radius 3 is 2.82 bits per heavy atom. The smallest absolute Gasteiger partial charge is 0.276 e. The molecule has 3 heterocycles. The molecule has 10 heteroatoms. The van der Waals surface area contributed by atoms with E-state index in [0.717, 1.165) is 37.8 Å². The first-order valence-corrected chi connectivity index (χ1v) is 11.6. The van der Waals surface area contributed by atoms with Gasteiger partial charge in [-0.15, -0.1) is 0 Å². The van der Waals surface area contributed by atoms with Gasteiger partial charge < -0.3 is 29.7 Å². The second-order valence-corrected chi connectivity index (χ2v) is 9.14. The van der Waals surface area contributed by atoms with E-state index in [9.17, 15) is 23.5 Å². The maximum Gasteiger partial charge on any atom is 0.276 e. The van der Waals surface area contributed by atoms with Gasteiger partial charge in [0.1, 0.15) is 29.7 Å². The summed E-state index contributed by atoms with van der Waals surface area (Å²) in [6.45, 7) is 0.384. The highest BCUT2D eigenvalue weighted by atomic mass is 19.1. The van der Waals surface area contributed by atoms with Gasteiger partial charge in [0.2, 0.25) is 0 Å². The Kier molecular flexibility index (Phi) is 6.26. The van der Waals surface area contributed by atoms with Crippen LogP contribution in [0, 0.1) is 17.6 Å². The fourth-order valence-corrected chi connectivity index (χ4v) is 5.12. The average Bonchev–Trinajstić information content (AvgIpc) is 2.80. The summed E-state index contributed by atoms with van der Waals surface area (Å²) in [6.07, 6.45) is 5.32. The molecule has 3 fully saturated rings. The van der Waals surface area contributed by atoms with E-state index in [0.29, 0.717) is 6.54 Å². The molecule has 1 unspecified atom stereocenters. The van der Waals surface area contributed by atoms with Crippen molar-refractivity contribution in [2.75, 3.05) is 26.3 Å². The van der Waals surface area contributed by atoms with Gasteiger partial charge in [-0.2, -0.15) is 0 Å². The average molecular weight is 475 g/mol. The number of amides is 2. The van der Waals surface area contributed by atoms with E-state index in [1.807, 2.05) is 0 Å². The summed E-state index contributed by atoms with van der Waals surface area (Å²) >= 11 is 0. The molecule has 5 rings (SSSR count). The molecule has 8 nitrogen and oxygen atoms in total. The quantitative estimate of drug-likeness (QED) is 0.698. The number of rotatable bonds is 3. The van der Waals surface area contributed by atoms with Crippen molar-refractivity contribution >= 4 is 11.8 Å². The molecule has 2 amide bonds. The van der Waals surface area contributed by atoms with Crippen LogP contribution in [0.3, 0.4) is 0 Å². The number of nitrogens with one attached hydrogen (secondary N) is 1. The molecule has 3 aliphatic heterocycles. The Hall–Kier alpha value is -2.98. The third kappa shape index (κ3) is 4.39. The van der Waals surface area contributed by atoms with Gasteiger partial charge >= 0.3 is 0 Å². The standard InChI is InChI=1S/C24H27F2N3O5/c25-17-6-5-14(18(26)7-17)8-27-23(31)16-9-28-11-21-29(10-15-3-1-2-4-20(15)34-21)24(32)22(28)19(30)13-33-12-16/h5-7,9,15,20-21,30H,1-4,8,10-13H2,(H,27,31)/b16-9+,22-19+/t15-,20-,21?/m0/s1. The van der Waals surface area contributed by atoms with Crippen molar-refractivity contribution in [1.82, 2.24) is 15.1 Å². The van der Waals surface area contributed by atoms with Gasteiger partial charge in [0.25, 0.3) is 11.8 Å². The number of nitrogens with zero attached hydrogens (tertiary/aromatic N) is 2. The number of carbonyl (C=O) groups is 2. The third-order valence-electron chi connectivity index (χ3n) is 6.88. The van der Waals surface area contributed by atoms with Crippen LogP contribution >= 0.6 is 0 Å². The minimum absolute atomic E-state index is 0.0729. The van der Waals surface area contributed by atoms with Gasteiger partial charge in [-0.1, -0.05) is 18.9 Å². The van der Waals surface area contributed by atoms with E-state index < -0.39 is 23.8 Å². The second kappa shape index (κ2) is 9.34. The molecule has 1 aromatic carbocycles. The number of fused-ring (bicyclic) bond motifs is 3. The van der Waals surface area contributed by atoms with Crippen molar-refractivity contribution in [2.45, 2.75) is 44.6 Å². The SMILES string of the molecule is O=C(NCc1ccc(F)cc1F)/C1=C/N2CC3O[C@H]4CCCC[C@H]4CN3C(=O)/C2=C(\O)COC1. The lowest BCUT2D eigenvalue weighted by atomic mass is 9.84. The Labute approximate surface area is 195 Å². The van der Waals surface area contributed by atoms with Crippen LogP contribution in [0.15, 0.2) is 41.4 Å². The van der Waals surface area contributed by atoms with Crippen molar-refractivity contribution in [2.24, 2.45) is 5.92 Å². The van der Waals surface area contributed by atoms with Crippen LogP contribution in [0.25, 0.3) is 0 Å². The fraction of sp³-hybridized carbons (Fsp3) is 0.500. The lowest BCUT2D eigenvalue weighted by Crippen LogP contribution is -2.62. The van der Waals surface area contributed by atoms with E-state index >= 15 is 0 Å². The molecule has 1 aliphatic carbocycles. The third-order valence-corrected chi connectivity index (χ3v) is 6.88. The molecule has 1 saturated carbocycles. The summed E-state index contributed by atoms with van der Waals surface area (Å²) < 4.78 is 38.8. The molecule has 2 saturated heterocycles. The molecule has 4 aliphatic rings. The van der Waals surface area contributed by atoms with Crippen LogP contribution in [0.2, 0.25) is 0 Å². The van der Waals surface area contributed by atoms with Crippen molar-refractivity contribution < 1.29 is 33.0 Å². The summed E-state index contributed by atoms with van der Waals surface area (Å²) in [6, 6.07) is 3.14. The van der Waals surface area contributed by atoms with Crippen LogP contribution in [0.5, 0.6) is 0 Å². The highest BCUT2D eigenvalue weighted by Crippen LogP contribution is 2.37. The Morgan fingerprint density at radius 1 is 1.18 bits per heavy atom. The Morgan fingerprint density at radius 2 is 2.00 bits per heavy atom. The number of hydrogen-bond acceptors (Lipinski definition) is 6. The Bertz CT molecular complexity index is 1060. The maximum absolute atomic E-state index is 13.9. The molecule has 182 valence electrons. The van der Waals surface area contributed by atoms with Crippen LogP contribution in [0.1, 0.15) is 31.2 Å². The number of aliphatic hydroxyl groups excluding tert-OH is 1. The lowest BCUT2D eigenvalue weighted by molar-refractivity contribution is -0.196. The molecule has 2 N–H and O–H groups in total. The topological polar surface area (TPSA) is 91.3 Å². The number of halogens is 2. The summed E-state index contributed by atoms with van der Waals surface area (Å²) in [7, 11) is 0. The normalized spacial score (nSPS) is 30.8. The van der Waals surface area contributed by atoms with Gasteiger partial charge in [0.15, 0.2) is 6.23 Å². The van der Waals surface area contributed by atoms with E-state index in [1.54, 1.807) is 9.80 Å². The first-order chi connectivity index (χ1) is 16.4. The number of hydrogen-bond donors (Lipinski definition) is 2. The van der Waals surface area contributed by atoms with Crippen molar-refractivity contribution in [3.8, 4) is 0 Å². The largest absolute Gasteiger partial charge is 0.507 e.